The van der Waals surface area contributed by atoms with Crippen LogP contribution in [0.15, 0.2) is 47.5 Å². The normalized spacial score (nSPS) is 11.2. The smallest absolute Gasteiger partial charge is 0.264 e. The number of aromatic nitrogens is 3. The number of halogens is 1. The summed E-state index contributed by atoms with van der Waals surface area (Å²) in [6, 6.07) is 8.00. The number of para-hydroxylation sites is 1. The fourth-order valence-corrected chi connectivity index (χ4v) is 2.48. The molecule has 3 rings (SSSR count). The van der Waals surface area contributed by atoms with Crippen molar-refractivity contribution in [3.05, 3.63) is 53.0 Å². The van der Waals surface area contributed by atoms with Crippen LogP contribution in [0.4, 0.5) is 0 Å². The summed E-state index contributed by atoms with van der Waals surface area (Å²) in [5.41, 5.74) is 1.85. The van der Waals surface area contributed by atoms with Crippen LogP contribution in [0.3, 0.4) is 0 Å². The lowest BCUT2D eigenvalue weighted by atomic mass is 10.0. The highest BCUT2D eigenvalue weighted by molar-refractivity contribution is 9.10. The van der Waals surface area contributed by atoms with Crippen molar-refractivity contribution in [2.45, 2.75) is 19.8 Å². The molecule has 0 spiro atoms. The Bertz CT molecular complexity index is 752. The molecule has 102 valence electrons. The fourth-order valence-electron chi connectivity index (χ4n) is 2.10. The van der Waals surface area contributed by atoms with E-state index >= 15 is 0 Å². The second-order valence-corrected chi connectivity index (χ2v) is 5.63. The first-order valence-electron chi connectivity index (χ1n) is 6.41. The summed E-state index contributed by atoms with van der Waals surface area (Å²) >= 11 is 3.39. The molecule has 0 fully saturated rings. The Kier molecular flexibility index (Phi) is 3.44. The Morgan fingerprint density at radius 2 is 2.05 bits per heavy atom. The van der Waals surface area contributed by atoms with Gasteiger partial charge in [0.05, 0.1) is 0 Å². The predicted octanol–water partition coefficient (Wildman–Crippen LogP) is 4.41. The summed E-state index contributed by atoms with van der Waals surface area (Å²) in [6.45, 7) is 4.28. The van der Waals surface area contributed by atoms with Crippen LogP contribution < -0.4 is 4.74 Å². The molecule has 0 aliphatic heterocycles. The zero-order chi connectivity index (χ0) is 14.1. The van der Waals surface area contributed by atoms with E-state index in [-0.39, 0.29) is 0 Å². The zero-order valence-corrected chi connectivity index (χ0v) is 12.8. The maximum Gasteiger partial charge on any atom is 0.264 e. The average molecular weight is 332 g/mol. The Morgan fingerprint density at radius 3 is 2.85 bits per heavy atom. The fraction of sp³-hybridized carbons (Fsp3) is 0.200. The van der Waals surface area contributed by atoms with Gasteiger partial charge in [0, 0.05) is 18.6 Å². The number of ether oxygens (including phenoxy) is 1. The van der Waals surface area contributed by atoms with Crippen molar-refractivity contribution in [2.24, 2.45) is 0 Å². The van der Waals surface area contributed by atoms with Crippen LogP contribution >= 0.6 is 15.9 Å². The molecule has 0 amide bonds. The van der Waals surface area contributed by atoms with Gasteiger partial charge in [-0.1, -0.05) is 32.0 Å². The predicted molar refractivity (Wildman–Crippen MR) is 81.3 cm³/mol. The lowest BCUT2D eigenvalue weighted by molar-refractivity contribution is 0.455. The first-order valence-corrected chi connectivity index (χ1v) is 7.20. The van der Waals surface area contributed by atoms with E-state index in [0.717, 1.165) is 11.3 Å². The first-order chi connectivity index (χ1) is 9.65. The summed E-state index contributed by atoms with van der Waals surface area (Å²) < 4.78 is 8.59. The van der Waals surface area contributed by atoms with Crippen molar-refractivity contribution in [3.63, 3.8) is 0 Å². The summed E-state index contributed by atoms with van der Waals surface area (Å²) in [5, 5.41) is 0. The largest absolute Gasteiger partial charge is 0.436 e. The van der Waals surface area contributed by atoms with Crippen molar-refractivity contribution in [2.75, 3.05) is 0 Å². The number of fused-ring (bicyclic) bond motifs is 1. The minimum absolute atomic E-state index is 0.383. The van der Waals surface area contributed by atoms with E-state index in [4.69, 9.17) is 4.74 Å². The molecule has 0 saturated carbocycles. The topological polar surface area (TPSA) is 39.4 Å². The highest BCUT2D eigenvalue weighted by atomic mass is 79.9. The van der Waals surface area contributed by atoms with Crippen molar-refractivity contribution in [1.82, 2.24) is 14.4 Å². The lowest BCUT2D eigenvalue weighted by Gasteiger charge is -2.13. The number of benzene rings is 1. The summed E-state index contributed by atoms with van der Waals surface area (Å²) in [7, 11) is 0. The van der Waals surface area contributed by atoms with E-state index < -0.39 is 0 Å². The molecule has 2 aromatic heterocycles. The summed E-state index contributed by atoms with van der Waals surface area (Å²) in [4.78, 5) is 8.67. The molecule has 0 N–H and O–H groups in total. The van der Waals surface area contributed by atoms with Crippen LogP contribution in [-0.2, 0) is 0 Å². The van der Waals surface area contributed by atoms with Crippen molar-refractivity contribution < 1.29 is 4.74 Å². The Balaban J connectivity index is 2.08. The van der Waals surface area contributed by atoms with Gasteiger partial charge in [-0.25, -0.2) is 9.97 Å². The van der Waals surface area contributed by atoms with Crippen LogP contribution in [0, 0.1) is 0 Å². The molecule has 0 bridgehead atoms. The van der Waals surface area contributed by atoms with E-state index in [1.807, 2.05) is 35.0 Å². The number of rotatable bonds is 3. The van der Waals surface area contributed by atoms with Crippen molar-refractivity contribution >= 4 is 21.6 Å². The van der Waals surface area contributed by atoms with Crippen molar-refractivity contribution in [1.29, 1.82) is 0 Å². The van der Waals surface area contributed by atoms with Gasteiger partial charge in [0.2, 0.25) is 5.65 Å². The van der Waals surface area contributed by atoms with E-state index in [2.05, 4.69) is 45.8 Å². The molecule has 1 aromatic carbocycles. The highest BCUT2D eigenvalue weighted by Gasteiger charge is 2.12. The molecular formula is C15H14BrN3O. The Labute approximate surface area is 125 Å². The SMILES string of the molecule is CC(C)c1ccccc1Oc1nc(Br)cn2ccnc12. The van der Waals surface area contributed by atoms with Gasteiger partial charge in [-0.3, -0.25) is 4.40 Å². The molecule has 0 saturated heterocycles. The van der Waals surface area contributed by atoms with Crippen LogP contribution in [0.5, 0.6) is 11.6 Å². The maximum atomic E-state index is 6.00. The average Bonchev–Trinajstić information content (AvgIpc) is 2.87. The Hall–Kier alpha value is -1.88. The molecule has 0 radical (unpaired) electrons. The number of hydrogen-bond acceptors (Lipinski definition) is 3. The third-order valence-electron chi connectivity index (χ3n) is 3.06. The quantitative estimate of drug-likeness (QED) is 0.713. The van der Waals surface area contributed by atoms with E-state index in [9.17, 15) is 0 Å². The molecule has 2 heterocycles. The second-order valence-electron chi connectivity index (χ2n) is 4.82. The van der Waals surface area contributed by atoms with Gasteiger partial charge in [0.25, 0.3) is 5.88 Å². The molecular weight excluding hydrogens is 318 g/mol. The number of hydrogen-bond donors (Lipinski definition) is 0. The summed E-state index contributed by atoms with van der Waals surface area (Å²) in [6.07, 6.45) is 5.44. The minimum atomic E-state index is 0.383. The van der Waals surface area contributed by atoms with E-state index in [1.165, 1.54) is 0 Å². The van der Waals surface area contributed by atoms with Crippen LogP contribution in [0.2, 0.25) is 0 Å². The maximum absolute atomic E-state index is 6.00. The zero-order valence-electron chi connectivity index (χ0n) is 11.2. The number of nitrogens with zero attached hydrogens (tertiary/aromatic N) is 3. The van der Waals surface area contributed by atoms with E-state index in [1.54, 1.807) is 6.20 Å². The van der Waals surface area contributed by atoms with E-state index in [0.29, 0.717) is 22.0 Å². The monoisotopic (exact) mass is 331 g/mol. The van der Waals surface area contributed by atoms with Gasteiger partial charge < -0.3 is 4.74 Å². The third-order valence-corrected chi connectivity index (χ3v) is 3.44. The molecule has 0 aliphatic rings. The third kappa shape index (κ3) is 2.41. The summed E-state index contributed by atoms with van der Waals surface area (Å²) in [5.74, 6) is 1.70. The minimum Gasteiger partial charge on any atom is -0.436 e. The molecule has 0 aliphatic carbocycles. The Morgan fingerprint density at radius 1 is 1.25 bits per heavy atom. The first kappa shape index (κ1) is 13.1. The van der Waals surface area contributed by atoms with Gasteiger partial charge in [-0.05, 0) is 33.5 Å². The standard InChI is InChI=1S/C15H14BrN3O/c1-10(2)11-5-3-4-6-12(11)20-15-14-17-7-8-19(14)9-13(16)18-15/h3-10H,1-2H3. The van der Waals surface area contributed by atoms with Crippen LogP contribution in [-0.4, -0.2) is 14.4 Å². The second kappa shape index (κ2) is 5.25. The van der Waals surface area contributed by atoms with Gasteiger partial charge in [0.1, 0.15) is 10.4 Å². The van der Waals surface area contributed by atoms with Crippen LogP contribution in [0.1, 0.15) is 25.3 Å². The molecule has 4 nitrogen and oxygen atoms in total. The van der Waals surface area contributed by atoms with Crippen LogP contribution in [0.25, 0.3) is 5.65 Å². The van der Waals surface area contributed by atoms with Crippen molar-refractivity contribution in [3.8, 4) is 11.6 Å². The molecule has 0 unspecified atom stereocenters. The molecule has 5 heteroatoms. The molecule has 0 atom stereocenters. The lowest BCUT2D eigenvalue weighted by Crippen LogP contribution is -1.98. The molecule has 20 heavy (non-hydrogen) atoms. The molecule has 3 aromatic rings. The highest BCUT2D eigenvalue weighted by Crippen LogP contribution is 2.31. The van der Waals surface area contributed by atoms with Gasteiger partial charge in [-0.2, -0.15) is 0 Å². The van der Waals surface area contributed by atoms with Gasteiger partial charge in [0.15, 0.2) is 0 Å². The van der Waals surface area contributed by atoms with Gasteiger partial charge >= 0.3 is 0 Å². The number of imidazole rings is 1. The van der Waals surface area contributed by atoms with Gasteiger partial charge in [-0.15, -0.1) is 0 Å².